The monoisotopic (exact) mass is 214 g/mol. The van der Waals surface area contributed by atoms with Gasteiger partial charge in [-0.25, -0.2) is 0 Å². The van der Waals surface area contributed by atoms with Crippen molar-refractivity contribution in [3.8, 4) is 0 Å². The van der Waals surface area contributed by atoms with Gasteiger partial charge in [0.25, 0.3) is 0 Å². The van der Waals surface area contributed by atoms with Gasteiger partial charge in [0.2, 0.25) is 0 Å². The lowest BCUT2D eigenvalue weighted by molar-refractivity contribution is 0.0657. The molecule has 0 saturated carbocycles. The Labute approximate surface area is 94.2 Å². The molecule has 0 aliphatic carbocycles. The number of nitrogens with one attached hydrogen (secondary N) is 1. The Morgan fingerprint density at radius 1 is 1.47 bits per heavy atom. The first kappa shape index (κ1) is 12.9. The Bertz CT molecular complexity index is 173. The number of hydrogen-bond acceptors (Lipinski definition) is 3. The van der Waals surface area contributed by atoms with Gasteiger partial charge >= 0.3 is 0 Å². The van der Waals surface area contributed by atoms with Crippen LogP contribution >= 0.6 is 0 Å². The Morgan fingerprint density at radius 3 is 2.80 bits per heavy atom. The van der Waals surface area contributed by atoms with Crippen molar-refractivity contribution in [1.29, 1.82) is 0 Å². The summed E-state index contributed by atoms with van der Waals surface area (Å²) in [7, 11) is 2.06. The highest BCUT2D eigenvalue weighted by Gasteiger charge is 2.19. The van der Waals surface area contributed by atoms with E-state index >= 15 is 0 Å². The van der Waals surface area contributed by atoms with Crippen LogP contribution < -0.4 is 5.32 Å². The molecule has 0 bridgehead atoms. The van der Waals surface area contributed by atoms with Crippen LogP contribution in [0.1, 0.15) is 27.2 Å². The van der Waals surface area contributed by atoms with Gasteiger partial charge in [-0.15, -0.1) is 0 Å². The topological polar surface area (TPSA) is 24.5 Å². The maximum atomic E-state index is 5.65. The molecule has 2 atom stereocenters. The minimum atomic E-state index is 0.386. The highest BCUT2D eigenvalue weighted by Crippen LogP contribution is 2.09. The van der Waals surface area contributed by atoms with E-state index < -0.39 is 0 Å². The molecule has 1 rings (SSSR count). The molecule has 2 unspecified atom stereocenters. The van der Waals surface area contributed by atoms with Crippen LogP contribution in [0.15, 0.2) is 0 Å². The van der Waals surface area contributed by atoms with E-state index in [9.17, 15) is 0 Å². The van der Waals surface area contributed by atoms with Crippen LogP contribution in [0.4, 0.5) is 0 Å². The zero-order valence-corrected chi connectivity index (χ0v) is 10.6. The highest BCUT2D eigenvalue weighted by molar-refractivity contribution is 4.76. The largest absolute Gasteiger partial charge is 0.377 e. The van der Waals surface area contributed by atoms with Crippen molar-refractivity contribution >= 4 is 0 Å². The lowest BCUT2D eigenvalue weighted by atomic mass is 10.0. The van der Waals surface area contributed by atoms with Gasteiger partial charge in [0.1, 0.15) is 0 Å². The lowest BCUT2D eigenvalue weighted by Crippen LogP contribution is -2.44. The second-order valence-corrected chi connectivity index (χ2v) is 4.93. The number of nitrogens with zero attached hydrogens (tertiary/aromatic N) is 1. The van der Waals surface area contributed by atoms with Crippen LogP contribution in [0, 0.1) is 5.92 Å². The second-order valence-electron chi connectivity index (χ2n) is 4.93. The average molecular weight is 214 g/mol. The van der Waals surface area contributed by atoms with Crippen LogP contribution in [-0.4, -0.2) is 50.3 Å². The first-order valence-corrected chi connectivity index (χ1v) is 6.14. The Hall–Kier alpha value is -0.120. The zero-order chi connectivity index (χ0) is 11.3. The molecule has 0 aromatic heterocycles. The zero-order valence-electron chi connectivity index (χ0n) is 10.6. The molecule has 1 aliphatic rings. The quantitative estimate of drug-likeness (QED) is 0.764. The fourth-order valence-corrected chi connectivity index (χ4v) is 2.16. The smallest absolute Gasteiger partial charge is 0.0673 e. The highest BCUT2D eigenvalue weighted by atomic mass is 16.5. The van der Waals surface area contributed by atoms with Crippen molar-refractivity contribution in [2.24, 2.45) is 5.92 Å². The fraction of sp³-hybridized carbons (Fsp3) is 1.00. The Morgan fingerprint density at radius 2 is 2.20 bits per heavy atom. The molecule has 0 radical (unpaired) electrons. The number of ether oxygens (including phenoxy) is 1. The number of likely N-dealkylation sites (N-methyl/N-ethyl adjacent to an activating group) is 1. The van der Waals surface area contributed by atoms with E-state index in [0.29, 0.717) is 18.1 Å². The molecule has 1 aliphatic heterocycles. The molecule has 0 spiro atoms. The number of rotatable bonds is 4. The third-order valence-corrected chi connectivity index (χ3v) is 3.17. The van der Waals surface area contributed by atoms with Gasteiger partial charge < -0.3 is 10.1 Å². The van der Waals surface area contributed by atoms with E-state index in [2.05, 4.69) is 38.0 Å². The van der Waals surface area contributed by atoms with Gasteiger partial charge in [0.05, 0.1) is 6.10 Å². The van der Waals surface area contributed by atoms with Gasteiger partial charge in [-0.1, -0.05) is 13.8 Å². The van der Waals surface area contributed by atoms with Gasteiger partial charge in [-0.05, 0) is 26.3 Å². The molecule has 0 amide bonds. The van der Waals surface area contributed by atoms with Gasteiger partial charge in [-0.2, -0.15) is 0 Å². The molecule has 15 heavy (non-hydrogen) atoms. The summed E-state index contributed by atoms with van der Waals surface area (Å²) in [5, 5.41) is 3.40. The lowest BCUT2D eigenvalue weighted by Gasteiger charge is -2.29. The molecule has 1 N–H and O–H groups in total. The van der Waals surface area contributed by atoms with Crippen molar-refractivity contribution in [3.05, 3.63) is 0 Å². The average Bonchev–Trinajstić information content (AvgIpc) is 2.38. The number of hydrogen-bond donors (Lipinski definition) is 1. The predicted molar refractivity (Wildman–Crippen MR) is 64.2 cm³/mol. The van der Waals surface area contributed by atoms with E-state index in [1.165, 1.54) is 13.0 Å². The summed E-state index contributed by atoms with van der Waals surface area (Å²) >= 11 is 0. The third kappa shape index (κ3) is 4.49. The van der Waals surface area contributed by atoms with E-state index in [1.807, 2.05) is 0 Å². The maximum absolute atomic E-state index is 5.65. The Balaban J connectivity index is 2.40. The summed E-state index contributed by atoms with van der Waals surface area (Å²) in [6.45, 7) is 11.0. The first-order valence-electron chi connectivity index (χ1n) is 6.14. The molecule has 1 fully saturated rings. The molecule has 90 valence electrons. The SMILES string of the molecule is CNC(CN1CCCOC(C)C1)C(C)C. The molecule has 3 heteroatoms. The molecular formula is C12H26N2O. The minimum absolute atomic E-state index is 0.386. The van der Waals surface area contributed by atoms with E-state index in [4.69, 9.17) is 4.74 Å². The molecule has 0 aromatic rings. The fourth-order valence-electron chi connectivity index (χ4n) is 2.16. The van der Waals surface area contributed by atoms with E-state index in [1.54, 1.807) is 0 Å². The minimum Gasteiger partial charge on any atom is -0.377 e. The van der Waals surface area contributed by atoms with Gasteiger partial charge in [-0.3, -0.25) is 4.90 Å². The molecule has 0 aromatic carbocycles. The van der Waals surface area contributed by atoms with Crippen molar-refractivity contribution < 1.29 is 4.74 Å². The summed E-state index contributed by atoms with van der Waals surface area (Å²) < 4.78 is 5.65. The summed E-state index contributed by atoms with van der Waals surface area (Å²) in [6.07, 6.45) is 1.55. The Kier molecular flexibility index (Phi) is 5.58. The normalized spacial score (nSPS) is 26.6. The summed E-state index contributed by atoms with van der Waals surface area (Å²) in [5.74, 6) is 0.689. The van der Waals surface area contributed by atoms with Crippen LogP contribution in [0.2, 0.25) is 0 Å². The summed E-state index contributed by atoms with van der Waals surface area (Å²) in [4.78, 5) is 2.53. The van der Waals surface area contributed by atoms with Gasteiger partial charge in [0, 0.05) is 32.3 Å². The molecular weight excluding hydrogens is 188 g/mol. The van der Waals surface area contributed by atoms with Crippen LogP contribution in [-0.2, 0) is 4.74 Å². The predicted octanol–water partition coefficient (Wildman–Crippen LogP) is 1.34. The summed E-state index contributed by atoms with van der Waals surface area (Å²) in [6, 6.07) is 0.593. The van der Waals surface area contributed by atoms with E-state index in [-0.39, 0.29) is 0 Å². The van der Waals surface area contributed by atoms with Crippen molar-refractivity contribution in [3.63, 3.8) is 0 Å². The van der Waals surface area contributed by atoms with Crippen LogP contribution in [0.5, 0.6) is 0 Å². The standard InChI is InChI=1S/C12H26N2O/c1-10(2)12(13-4)9-14-6-5-7-15-11(3)8-14/h10-13H,5-9H2,1-4H3. The van der Waals surface area contributed by atoms with Crippen molar-refractivity contribution in [1.82, 2.24) is 10.2 Å². The van der Waals surface area contributed by atoms with Crippen molar-refractivity contribution in [2.75, 3.05) is 33.3 Å². The van der Waals surface area contributed by atoms with Crippen LogP contribution in [0.25, 0.3) is 0 Å². The maximum Gasteiger partial charge on any atom is 0.0673 e. The second kappa shape index (κ2) is 6.46. The molecule has 3 nitrogen and oxygen atoms in total. The first-order chi connectivity index (χ1) is 7.13. The van der Waals surface area contributed by atoms with Gasteiger partial charge in [0.15, 0.2) is 0 Å². The van der Waals surface area contributed by atoms with Crippen molar-refractivity contribution in [2.45, 2.75) is 39.3 Å². The van der Waals surface area contributed by atoms with E-state index in [0.717, 1.165) is 19.7 Å². The molecule has 1 heterocycles. The summed E-state index contributed by atoms with van der Waals surface area (Å²) in [5.41, 5.74) is 0. The van der Waals surface area contributed by atoms with Crippen LogP contribution in [0.3, 0.4) is 0 Å². The third-order valence-electron chi connectivity index (χ3n) is 3.17. The molecule has 1 saturated heterocycles.